The summed E-state index contributed by atoms with van der Waals surface area (Å²) in [7, 11) is 5.88. The normalized spacial score (nSPS) is 10.4. The maximum absolute atomic E-state index is 12.2. The molecule has 10 heteroatoms. The lowest BCUT2D eigenvalue weighted by Crippen LogP contribution is -2.19. The molecule has 0 spiro atoms. The van der Waals surface area contributed by atoms with Gasteiger partial charge in [-0.3, -0.25) is 10.1 Å². The van der Waals surface area contributed by atoms with Gasteiger partial charge in [-0.1, -0.05) is 51.5 Å². The van der Waals surface area contributed by atoms with Crippen LogP contribution in [0.15, 0.2) is 72.8 Å². The van der Waals surface area contributed by atoms with E-state index in [9.17, 15) is 14.9 Å². The second-order valence-electron chi connectivity index (χ2n) is 11.2. The predicted octanol–water partition coefficient (Wildman–Crippen LogP) is 9.07. The average Bonchev–Trinajstić information content (AvgIpc) is 3.02. The van der Waals surface area contributed by atoms with Crippen molar-refractivity contribution < 1.29 is 28.7 Å². The molecular weight excluding hydrogens is 598 g/mol. The van der Waals surface area contributed by atoms with Crippen molar-refractivity contribution in [2.75, 3.05) is 39.6 Å². The van der Waals surface area contributed by atoms with E-state index in [1.807, 2.05) is 84.4 Å². The van der Waals surface area contributed by atoms with Gasteiger partial charge in [-0.05, 0) is 88.1 Å². The average molecular weight is 648 g/mol. The van der Waals surface area contributed by atoms with E-state index in [-0.39, 0.29) is 17.5 Å². The monoisotopic (exact) mass is 647 g/mol. The number of rotatable bonds is 11. The molecule has 0 saturated carbocycles. The molecule has 0 aliphatic carbocycles. The van der Waals surface area contributed by atoms with E-state index in [0.29, 0.717) is 12.4 Å². The summed E-state index contributed by atoms with van der Waals surface area (Å²) in [6, 6.07) is 20.6. The quantitative estimate of drug-likeness (QED) is 0.0737. The number of non-ortho nitro benzene ring substituents is 1. The third-order valence-corrected chi connectivity index (χ3v) is 6.50. The van der Waals surface area contributed by atoms with Crippen LogP contribution in [0.4, 0.5) is 16.2 Å². The fraction of sp³-hybridized carbons (Fsp3) is 0.378. The van der Waals surface area contributed by atoms with Gasteiger partial charge in [-0.25, -0.2) is 4.79 Å². The van der Waals surface area contributed by atoms with Crippen LogP contribution in [0.2, 0.25) is 0 Å². The summed E-state index contributed by atoms with van der Waals surface area (Å²) in [5.74, 6) is 2.37. The van der Waals surface area contributed by atoms with Crippen molar-refractivity contribution in [2.45, 2.75) is 60.5 Å². The molecule has 254 valence electrons. The number of nitrogens with zero attached hydrogens (tertiary/aromatic N) is 2. The highest BCUT2D eigenvalue weighted by atomic mass is 16.7. The van der Waals surface area contributed by atoms with Gasteiger partial charge in [0.1, 0.15) is 29.6 Å². The van der Waals surface area contributed by atoms with Crippen molar-refractivity contribution >= 4 is 28.3 Å². The van der Waals surface area contributed by atoms with E-state index in [2.05, 4.69) is 31.0 Å². The van der Waals surface area contributed by atoms with Crippen LogP contribution in [0, 0.1) is 17.0 Å². The number of carbonyl (C=O) groups excluding carboxylic acids is 1. The molecule has 0 aliphatic rings. The molecule has 0 amide bonds. The van der Waals surface area contributed by atoms with E-state index in [0.717, 1.165) is 52.1 Å². The number of carbonyl (C=O) groups is 1. The van der Waals surface area contributed by atoms with Crippen LogP contribution >= 0.6 is 0 Å². The molecule has 0 heterocycles. The smallest absolute Gasteiger partial charge is 0.492 e. The van der Waals surface area contributed by atoms with Gasteiger partial charge in [-0.15, -0.1) is 0 Å². The summed E-state index contributed by atoms with van der Waals surface area (Å²) in [5.41, 5.74) is 3.02. The van der Waals surface area contributed by atoms with Crippen LogP contribution in [-0.2, 0) is 6.42 Å². The van der Waals surface area contributed by atoms with Crippen LogP contribution in [0.1, 0.15) is 52.2 Å². The Kier molecular flexibility index (Phi) is 16.0. The van der Waals surface area contributed by atoms with Crippen molar-refractivity contribution in [3.05, 3.63) is 94.0 Å². The highest BCUT2D eigenvalue weighted by Crippen LogP contribution is 2.35. The number of anilines is 1. The van der Waals surface area contributed by atoms with Gasteiger partial charge < -0.3 is 29.2 Å². The molecule has 47 heavy (non-hydrogen) atoms. The zero-order valence-corrected chi connectivity index (χ0v) is 29.1. The number of fused-ring (bicyclic) bond motifs is 1. The molecule has 0 saturated heterocycles. The number of hydrogen-bond acceptors (Lipinski definition) is 9. The van der Waals surface area contributed by atoms with Crippen molar-refractivity contribution in [2.24, 2.45) is 0 Å². The maximum atomic E-state index is 12.2. The maximum Gasteiger partial charge on any atom is 0.519 e. The Bertz CT molecular complexity index is 1570. The van der Waals surface area contributed by atoms with Gasteiger partial charge in [0.25, 0.3) is 5.69 Å². The molecular formula is C37H49N3O7. The first kappa shape index (κ1) is 38.4. The van der Waals surface area contributed by atoms with Gasteiger partial charge in [0.05, 0.1) is 11.0 Å². The number of aryl methyl sites for hydroxylation is 2. The lowest BCUT2D eigenvalue weighted by atomic mass is 10.00. The fourth-order valence-corrected chi connectivity index (χ4v) is 4.38. The lowest BCUT2D eigenvalue weighted by molar-refractivity contribution is -0.384. The van der Waals surface area contributed by atoms with E-state index in [1.54, 1.807) is 6.07 Å². The van der Waals surface area contributed by atoms with Crippen LogP contribution in [0.25, 0.3) is 10.8 Å². The minimum atomic E-state index is -0.916. The van der Waals surface area contributed by atoms with Crippen LogP contribution in [0.5, 0.6) is 23.0 Å². The molecule has 0 aromatic heterocycles. The Hall–Kier alpha value is -4.83. The molecule has 0 bridgehead atoms. The van der Waals surface area contributed by atoms with E-state index in [1.165, 1.54) is 30.7 Å². The Balaban J connectivity index is 0.000000330. The Morgan fingerprint density at radius 2 is 1.51 bits per heavy atom. The number of likely N-dealkylation sites (N-methyl/N-ethyl adjacent to an activating group) is 1. The van der Waals surface area contributed by atoms with Gasteiger partial charge in [-0.2, -0.15) is 0 Å². The SMILES string of the molecule is CCC.CCc1c(NC)cc(OC(=O)Oc2ccc([N+](=O)[O-])cc2)c2ccccc12.Cc1cc(OCCN(C)C)ccc1OC(C)C. The Labute approximate surface area is 278 Å². The third kappa shape index (κ3) is 12.5. The summed E-state index contributed by atoms with van der Waals surface area (Å²) >= 11 is 0. The molecule has 0 aliphatic heterocycles. The molecule has 10 nitrogen and oxygen atoms in total. The summed E-state index contributed by atoms with van der Waals surface area (Å²) in [6.45, 7) is 14.0. The molecule has 0 fully saturated rings. The number of ether oxygens (including phenoxy) is 4. The standard InChI is InChI=1S/C20H18N2O5.C14H23NO2.C3H8/c1-3-15-16-6-4-5-7-17(16)19(12-18(15)21-2)27-20(23)26-14-10-8-13(9-11-14)22(24)25;1-11(2)17-14-7-6-13(10-12(14)3)16-9-8-15(4)5;1-3-2/h4-12,21H,3H2,1-2H3;6-7,10-11H,8-9H2,1-5H3;3H2,1-2H3. The molecule has 4 rings (SSSR count). The zero-order valence-electron chi connectivity index (χ0n) is 29.1. The second kappa shape index (κ2) is 19.6. The van der Waals surface area contributed by atoms with Crippen LogP contribution in [0.3, 0.4) is 0 Å². The highest BCUT2D eigenvalue weighted by molar-refractivity contribution is 5.96. The van der Waals surface area contributed by atoms with Crippen LogP contribution in [-0.4, -0.2) is 56.4 Å². The first-order chi connectivity index (χ1) is 22.4. The minimum Gasteiger partial charge on any atom is -0.492 e. The highest BCUT2D eigenvalue weighted by Gasteiger charge is 2.16. The number of nitro benzene ring substituents is 1. The Morgan fingerprint density at radius 3 is 2.04 bits per heavy atom. The van der Waals surface area contributed by atoms with E-state index < -0.39 is 11.1 Å². The molecule has 4 aromatic carbocycles. The lowest BCUT2D eigenvalue weighted by Gasteiger charge is -2.15. The summed E-state index contributed by atoms with van der Waals surface area (Å²) < 4.78 is 21.9. The number of hydrogen-bond donors (Lipinski definition) is 1. The molecule has 0 radical (unpaired) electrons. The third-order valence-electron chi connectivity index (χ3n) is 6.50. The fourth-order valence-electron chi connectivity index (χ4n) is 4.38. The van der Waals surface area contributed by atoms with Gasteiger partial charge in [0, 0.05) is 42.9 Å². The first-order valence-corrected chi connectivity index (χ1v) is 15.8. The van der Waals surface area contributed by atoms with Gasteiger partial charge in [0.2, 0.25) is 0 Å². The molecule has 0 unspecified atom stereocenters. The first-order valence-electron chi connectivity index (χ1n) is 15.8. The molecule has 4 aromatic rings. The van der Waals surface area contributed by atoms with Crippen molar-refractivity contribution in [3.8, 4) is 23.0 Å². The van der Waals surface area contributed by atoms with Gasteiger partial charge >= 0.3 is 6.16 Å². The van der Waals surface area contributed by atoms with Crippen molar-refractivity contribution in [1.82, 2.24) is 4.90 Å². The summed E-state index contributed by atoms with van der Waals surface area (Å²) in [6.07, 6.45) is 1.36. The molecule has 1 N–H and O–H groups in total. The van der Waals surface area contributed by atoms with Crippen molar-refractivity contribution in [3.63, 3.8) is 0 Å². The van der Waals surface area contributed by atoms with E-state index in [4.69, 9.17) is 18.9 Å². The number of nitrogens with one attached hydrogen (secondary N) is 1. The van der Waals surface area contributed by atoms with Crippen molar-refractivity contribution in [1.29, 1.82) is 0 Å². The summed E-state index contributed by atoms with van der Waals surface area (Å²) in [4.78, 5) is 24.5. The Morgan fingerprint density at radius 1 is 0.894 bits per heavy atom. The topological polar surface area (TPSA) is 112 Å². The zero-order chi connectivity index (χ0) is 34.9. The summed E-state index contributed by atoms with van der Waals surface area (Å²) in [5, 5.41) is 15.6. The number of nitro groups is 1. The van der Waals surface area contributed by atoms with Gasteiger partial charge in [0.15, 0.2) is 0 Å². The predicted molar refractivity (Wildman–Crippen MR) is 190 cm³/mol. The van der Waals surface area contributed by atoms with Crippen LogP contribution < -0.4 is 24.3 Å². The number of benzene rings is 4. The largest absolute Gasteiger partial charge is 0.519 e. The molecule has 0 atom stereocenters. The second-order valence-corrected chi connectivity index (χ2v) is 11.2. The minimum absolute atomic E-state index is 0.0875. The van der Waals surface area contributed by atoms with E-state index >= 15 is 0 Å².